The van der Waals surface area contributed by atoms with E-state index >= 15 is 0 Å². The summed E-state index contributed by atoms with van der Waals surface area (Å²) in [4.78, 5) is 12.0. The molecule has 0 aliphatic heterocycles. The lowest BCUT2D eigenvalue weighted by Crippen LogP contribution is -2.42. The topological polar surface area (TPSA) is 66.8 Å². The third kappa shape index (κ3) is 2.43. The van der Waals surface area contributed by atoms with Gasteiger partial charge < -0.3 is 14.9 Å². The highest BCUT2D eigenvalue weighted by Gasteiger charge is 2.47. The zero-order valence-corrected chi connectivity index (χ0v) is 11.1. The van der Waals surface area contributed by atoms with Crippen LogP contribution in [-0.4, -0.2) is 23.3 Å². The molecule has 0 saturated carbocycles. The molecule has 0 saturated heterocycles. The number of benzene rings is 2. The summed E-state index contributed by atoms with van der Waals surface area (Å²) in [7, 11) is 1.17. The molecule has 0 fully saturated rings. The average Bonchev–Trinajstić information content (AvgIpc) is 2.54. The second-order valence-electron chi connectivity index (χ2n) is 4.44. The SMILES string of the molecule is COC(=O)[C@@](O)(c1ccccc1)[C@@H](O)c1ccccc1. The summed E-state index contributed by atoms with van der Waals surface area (Å²) in [5.41, 5.74) is -1.43. The van der Waals surface area contributed by atoms with Gasteiger partial charge in [-0.2, -0.15) is 0 Å². The van der Waals surface area contributed by atoms with Crippen LogP contribution in [0.4, 0.5) is 0 Å². The zero-order chi connectivity index (χ0) is 14.6. The standard InChI is InChI=1S/C16H16O4/c1-20-15(18)16(19,13-10-6-3-7-11-13)14(17)12-8-4-2-5-9-12/h2-11,14,17,19H,1H3/t14-,16+/m0/s1. The Bertz CT molecular complexity index is 568. The molecule has 4 nitrogen and oxygen atoms in total. The quantitative estimate of drug-likeness (QED) is 0.833. The molecule has 0 unspecified atom stereocenters. The monoisotopic (exact) mass is 272 g/mol. The first kappa shape index (κ1) is 14.2. The van der Waals surface area contributed by atoms with Crippen LogP contribution >= 0.6 is 0 Å². The highest BCUT2D eigenvalue weighted by atomic mass is 16.5. The lowest BCUT2D eigenvalue weighted by molar-refractivity contribution is -0.178. The first-order valence-electron chi connectivity index (χ1n) is 6.20. The summed E-state index contributed by atoms with van der Waals surface area (Å²) in [5.74, 6) is -0.903. The molecule has 0 amide bonds. The second-order valence-corrected chi connectivity index (χ2v) is 4.44. The van der Waals surface area contributed by atoms with Gasteiger partial charge in [0.05, 0.1) is 7.11 Å². The molecule has 4 heteroatoms. The van der Waals surface area contributed by atoms with Crippen LogP contribution in [0.3, 0.4) is 0 Å². The third-order valence-electron chi connectivity index (χ3n) is 3.22. The fraction of sp³-hybridized carbons (Fsp3) is 0.188. The van der Waals surface area contributed by atoms with E-state index < -0.39 is 17.7 Å². The van der Waals surface area contributed by atoms with E-state index in [2.05, 4.69) is 4.74 Å². The Kier molecular flexibility index (Phi) is 4.17. The minimum Gasteiger partial charge on any atom is -0.467 e. The van der Waals surface area contributed by atoms with E-state index in [4.69, 9.17) is 0 Å². The van der Waals surface area contributed by atoms with Crippen LogP contribution in [0, 0.1) is 0 Å². The Labute approximate surface area is 117 Å². The summed E-state index contributed by atoms with van der Waals surface area (Å²) >= 11 is 0. The number of carbonyl (C=O) groups excluding carboxylic acids is 1. The van der Waals surface area contributed by atoms with Crippen molar-refractivity contribution in [3.63, 3.8) is 0 Å². The van der Waals surface area contributed by atoms with Gasteiger partial charge in [0.1, 0.15) is 6.10 Å². The van der Waals surface area contributed by atoms with Crippen molar-refractivity contribution >= 4 is 5.97 Å². The highest BCUT2D eigenvalue weighted by Crippen LogP contribution is 2.36. The maximum Gasteiger partial charge on any atom is 0.345 e. The Hall–Kier alpha value is -2.17. The third-order valence-corrected chi connectivity index (χ3v) is 3.22. The number of hydrogen-bond acceptors (Lipinski definition) is 4. The molecule has 2 rings (SSSR count). The number of methoxy groups -OCH3 is 1. The fourth-order valence-electron chi connectivity index (χ4n) is 2.11. The zero-order valence-electron chi connectivity index (χ0n) is 11.1. The van der Waals surface area contributed by atoms with Crippen molar-refractivity contribution in [2.45, 2.75) is 11.7 Å². The van der Waals surface area contributed by atoms with Crippen LogP contribution in [0.1, 0.15) is 17.2 Å². The van der Waals surface area contributed by atoms with Crippen LogP contribution in [0.15, 0.2) is 60.7 Å². The van der Waals surface area contributed by atoms with Crippen LogP contribution in [0.25, 0.3) is 0 Å². The average molecular weight is 272 g/mol. The predicted molar refractivity (Wildman–Crippen MR) is 73.8 cm³/mol. The Morgan fingerprint density at radius 2 is 1.55 bits per heavy atom. The van der Waals surface area contributed by atoms with Crippen LogP contribution in [0.5, 0.6) is 0 Å². The molecule has 20 heavy (non-hydrogen) atoms. The number of ether oxygens (including phenoxy) is 1. The van der Waals surface area contributed by atoms with Crippen molar-refractivity contribution in [2.24, 2.45) is 0 Å². The van der Waals surface area contributed by atoms with Gasteiger partial charge in [-0.1, -0.05) is 60.7 Å². The number of aliphatic hydroxyl groups excluding tert-OH is 1. The van der Waals surface area contributed by atoms with Crippen LogP contribution < -0.4 is 0 Å². The molecular formula is C16H16O4. The molecule has 0 aliphatic carbocycles. The molecule has 104 valence electrons. The highest BCUT2D eigenvalue weighted by molar-refractivity contribution is 5.82. The maximum atomic E-state index is 12.0. The number of aliphatic hydroxyl groups is 2. The lowest BCUT2D eigenvalue weighted by atomic mass is 9.84. The summed E-state index contributed by atoms with van der Waals surface area (Å²) in [6, 6.07) is 16.8. The van der Waals surface area contributed by atoms with Gasteiger partial charge in [-0.15, -0.1) is 0 Å². The molecule has 0 heterocycles. The maximum absolute atomic E-state index is 12.0. The molecule has 0 aliphatic rings. The second kappa shape index (κ2) is 5.86. The molecular weight excluding hydrogens is 256 g/mol. The number of esters is 1. The predicted octanol–water partition coefficient (Wildman–Crippen LogP) is 1.78. The normalized spacial score (nSPS) is 15.2. The summed E-state index contributed by atoms with van der Waals surface area (Å²) < 4.78 is 4.66. The number of rotatable bonds is 4. The van der Waals surface area contributed by atoms with E-state index in [0.29, 0.717) is 5.56 Å². The molecule has 2 N–H and O–H groups in total. The van der Waals surface area contributed by atoms with Crippen LogP contribution in [-0.2, 0) is 15.1 Å². The smallest absolute Gasteiger partial charge is 0.345 e. The van der Waals surface area contributed by atoms with Gasteiger partial charge in [0.2, 0.25) is 5.60 Å². The van der Waals surface area contributed by atoms with Crippen molar-refractivity contribution < 1.29 is 19.7 Å². The minimum absolute atomic E-state index is 0.281. The van der Waals surface area contributed by atoms with Crippen molar-refractivity contribution in [2.75, 3.05) is 7.11 Å². The largest absolute Gasteiger partial charge is 0.467 e. The Morgan fingerprint density at radius 3 is 2.05 bits per heavy atom. The van der Waals surface area contributed by atoms with Crippen molar-refractivity contribution in [3.05, 3.63) is 71.8 Å². The summed E-state index contributed by atoms with van der Waals surface area (Å²) in [5, 5.41) is 21.2. The Balaban J connectivity index is 2.51. The molecule has 0 aromatic heterocycles. The molecule has 2 atom stereocenters. The fourth-order valence-corrected chi connectivity index (χ4v) is 2.11. The lowest BCUT2D eigenvalue weighted by Gasteiger charge is -2.30. The van der Waals surface area contributed by atoms with E-state index in [1.165, 1.54) is 7.11 Å². The van der Waals surface area contributed by atoms with Crippen molar-refractivity contribution in [1.29, 1.82) is 0 Å². The first-order chi connectivity index (χ1) is 9.60. The molecule has 0 radical (unpaired) electrons. The minimum atomic E-state index is -2.14. The molecule has 0 spiro atoms. The van der Waals surface area contributed by atoms with Gasteiger partial charge in [0, 0.05) is 0 Å². The molecule has 2 aromatic carbocycles. The summed E-state index contributed by atoms with van der Waals surface area (Å²) in [6.07, 6.45) is -1.42. The van der Waals surface area contributed by atoms with Gasteiger partial charge in [0.25, 0.3) is 0 Å². The number of hydrogen-bond donors (Lipinski definition) is 2. The van der Waals surface area contributed by atoms with E-state index in [0.717, 1.165) is 0 Å². The number of carbonyl (C=O) groups is 1. The van der Waals surface area contributed by atoms with Gasteiger partial charge in [0.15, 0.2) is 0 Å². The van der Waals surface area contributed by atoms with Crippen molar-refractivity contribution in [1.82, 2.24) is 0 Å². The molecule has 0 bridgehead atoms. The van der Waals surface area contributed by atoms with E-state index in [1.54, 1.807) is 60.7 Å². The van der Waals surface area contributed by atoms with Crippen LogP contribution in [0.2, 0.25) is 0 Å². The van der Waals surface area contributed by atoms with Gasteiger partial charge in [-0.3, -0.25) is 0 Å². The Morgan fingerprint density at radius 1 is 1.05 bits per heavy atom. The first-order valence-corrected chi connectivity index (χ1v) is 6.20. The van der Waals surface area contributed by atoms with E-state index in [9.17, 15) is 15.0 Å². The van der Waals surface area contributed by atoms with E-state index in [-0.39, 0.29) is 5.56 Å². The van der Waals surface area contributed by atoms with Gasteiger partial charge in [-0.05, 0) is 11.1 Å². The van der Waals surface area contributed by atoms with Crippen molar-refractivity contribution in [3.8, 4) is 0 Å². The summed E-state index contributed by atoms with van der Waals surface area (Å²) in [6.45, 7) is 0. The van der Waals surface area contributed by atoms with E-state index in [1.807, 2.05) is 0 Å². The molecule has 2 aromatic rings. The van der Waals surface area contributed by atoms with Gasteiger partial charge in [-0.25, -0.2) is 4.79 Å². The van der Waals surface area contributed by atoms with Gasteiger partial charge >= 0.3 is 5.97 Å².